The zero-order valence-electron chi connectivity index (χ0n) is 17.9. The molecule has 11 heteroatoms. The number of aromatic hydroxyl groups is 1. The van der Waals surface area contributed by atoms with Crippen LogP contribution in [0.3, 0.4) is 0 Å². The van der Waals surface area contributed by atoms with E-state index < -0.39 is 27.6 Å². The van der Waals surface area contributed by atoms with Gasteiger partial charge in [0.05, 0.1) is 5.69 Å². The standard InChI is InChI=1S/C22H16N2O6S.2Na/c25-21-17(22(26)27)11-14-6-2-4-8-16(14)20(21)24-23-19-10-9-13-5-1-3-7-15(13)18(19)12-31(28,29)30;;/h1-11,25H,12H2,(H,26,27)(H,28,29,30);;. The fourth-order valence-corrected chi connectivity index (χ4v) is 4.11. The quantitative estimate of drug-likeness (QED) is 0.219. The zero-order chi connectivity index (χ0) is 22.2. The minimum atomic E-state index is -4.36. The molecule has 0 fully saturated rings. The molecular formula is C22H16N2Na2O6S. The van der Waals surface area contributed by atoms with Crippen LogP contribution in [-0.4, -0.2) is 88.3 Å². The van der Waals surface area contributed by atoms with Gasteiger partial charge in [-0.05, 0) is 28.3 Å². The van der Waals surface area contributed by atoms with Crippen LogP contribution >= 0.6 is 0 Å². The molecule has 4 aromatic rings. The summed E-state index contributed by atoms with van der Waals surface area (Å²) >= 11 is 0. The van der Waals surface area contributed by atoms with Crippen molar-refractivity contribution in [3.63, 3.8) is 0 Å². The Morgan fingerprint density at radius 2 is 1.45 bits per heavy atom. The predicted octanol–water partition coefficient (Wildman–Crippen LogP) is 4.44. The van der Waals surface area contributed by atoms with Crippen LogP contribution in [0.25, 0.3) is 21.5 Å². The van der Waals surface area contributed by atoms with Crippen molar-refractivity contribution in [2.75, 3.05) is 0 Å². The second kappa shape index (κ2) is 11.1. The fourth-order valence-electron chi connectivity index (χ4n) is 3.44. The van der Waals surface area contributed by atoms with Gasteiger partial charge in [0.2, 0.25) is 0 Å². The van der Waals surface area contributed by atoms with E-state index in [4.69, 9.17) is 0 Å². The van der Waals surface area contributed by atoms with Crippen molar-refractivity contribution in [3.8, 4) is 5.75 Å². The number of hydrogen-bond acceptors (Lipinski definition) is 6. The first kappa shape index (κ1) is 27.4. The molecule has 0 heterocycles. The number of phenols is 1. The molecule has 2 radical (unpaired) electrons. The molecule has 0 aliphatic rings. The van der Waals surface area contributed by atoms with Gasteiger partial charge >= 0.3 is 5.97 Å². The molecule has 0 saturated heterocycles. The summed E-state index contributed by atoms with van der Waals surface area (Å²) in [5.74, 6) is -2.55. The van der Waals surface area contributed by atoms with E-state index >= 15 is 0 Å². The number of aromatic carboxylic acids is 1. The van der Waals surface area contributed by atoms with Crippen LogP contribution in [0.1, 0.15) is 15.9 Å². The zero-order valence-corrected chi connectivity index (χ0v) is 22.7. The Morgan fingerprint density at radius 3 is 2.09 bits per heavy atom. The SMILES string of the molecule is O=C(O)c1cc2ccccc2c(N=Nc2ccc3ccccc3c2CS(=O)(=O)O)c1O.[Na].[Na]. The van der Waals surface area contributed by atoms with Crippen LogP contribution < -0.4 is 0 Å². The van der Waals surface area contributed by atoms with Crippen LogP contribution in [-0.2, 0) is 15.9 Å². The van der Waals surface area contributed by atoms with Crippen molar-refractivity contribution in [1.82, 2.24) is 0 Å². The summed E-state index contributed by atoms with van der Waals surface area (Å²) in [5.41, 5.74) is 0.0221. The average Bonchev–Trinajstić information content (AvgIpc) is 2.72. The second-order valence-electron chi connectivity index (χ2n) is 6.86. The molecule has 0 amide bonds. The van der Waals surface area contributed by atoms with E-state index in [2.05, 4.69) is 10.2 Å². The largest absolute Gasteiger partial charge is 0.505 e. The van der Waals surface area contributed by atoms with Crippen molar-refractivity contribution in [2.45, 2.75) is 5.75 Å². The molecule has 0 atom stereocenters. The van der Waals surface area contributed by atoms with Crippen molar-refractivity contribution in [3.05, 3.63) is 77.9 Å². The maximum Gasteiger partial charge on any atom is 0.339 e. The molecule has 0 aromatic heterocycles. The summed E-state index contributed by atoms with van der Waals surface area (Å²) in [6, 6.07) is 18.4. The molecule has 4 aromatic carbocycles. The van der Waals surface area contributed by atoms with Crippen LogP contribution in [0.5, 0.6) is 5.75 Å². The molecule has 0 spiro atoms. The van der Waals surface area contributed by atoms with Crippen LogP contribution in [0.2, 0.25) is 0 Å². The van der Waals surface area contributed by atoms with E-state index in [1.54, 1.807) is 60.7 Å². The first-order valence-corrected chi connectivity index (χ1v) is 10.7. The first-order chi connectivity index (χ1) is 14.7. The van der Waals surface area contributed by atoms with Crippen molar-refractivity contribution >= 4 is 108 Å². The predicted molar refractivity (Wildman–Crippen MR) is 127 cm³/mol. The number of azo groups is 1. The van der Waals surface area contributed by atoms with Gasteiger partial charge in [-0.3, -0.25) is 4.55 Å². The van der Waals surface area contributed by atoms with Gasteiger partial charge in [0.25, 0.3) is 10.1 Å². The summed E-state index contributed by atoms with van der Waals surface area (Å²) in [6.07, 6.45) is 0. The molecule has 0 saturated carbocycles. The molecular weight excluding hydrogens is 466 g/mol. The number of rotatable bonds is 5. The topological polar surface area (TPSA) is 137 Å². The number of carboxylic acid groups (broad SMARTS) is 1. The first-order valence-electron chi connectivity index (χ1n) is 9.10. The summed E-state index contributed by atoms with van der Waals surface area (Å²) in [4.78, 5) is 11.5. The molecule has 0 aliphatic heterocycles. The van der Waals surface area contributed by atoms with Crippen molar-refractivity contribution in [1.29, 1.82) is 0 Å². The van der Waals surface area contributed by atoms with E-state index in [0.717, 1.165) is 5.39 Å². The Kier molecular flexibility index (Phi) is 9.20. The number of fused-ring (bicyclic) bond motifs is 2. The summed E-state index contributed by atoms with van der Waals surface area (Å²) < 4.78 is 32.6. The third kappa shape index (κ3) is 6.00. The van der Waals surface area contributed by atoms with E-state index in [1.165, 1.54) is 6.07 Å². The molecule has 0 unspecified atom stereocenters. The minimum absolute atomic E-state index is 0. The van der Waals surface area contributed by atoms with E-state index in [0.29, 0.717) is 16.2 Å². The Hall–Kier alpha value is -1.82. The summed E-state index contributed by atoms with van der Waals surface area (Å²) in [6.45, 7) is 0. The van der Waals surface area contributed by atoms with Crippen LogP contribution in [0.15, 0.2) is 77.0 Å². The molecule has 0 bridgehead atoms. The maximum atomic E-state index is 11.6. The van der Waals surface area contributed by atoms with Gasteiger partial charge in [0.1, 0.15) is 17.0 Å². The van der Waals surface area contributed by atoms with E-state index in [1.807, 2.05) is 0 Å². The van der Waals surface area contributed by atoms with Gasteiger partial charge in [-0.2, -0.15) is 13.5 Å². The minimum Gasteiger partial charge on any atom is -0.505 e. The van der Waals surface area contributed by atoms with Gasteiger partial charge < -0.3 is 10.2 Å². The van der Waals surface area contributed by atoms with Gasteiger partial charge in [0.15, 0.2) is 5.75 Å². The smallest absolute Gasteiger partial charge is 0.339 e. The number of carboxylic acids is 1. The number of hydrogen-bond donors (Lipinski definition) is 3. The van der Waals surface area contributed by atoms with Gasteiger partial charge in [-0.25, -0.2) is 4.79 Å². The van der Waals surface area contributed by atoms with Crippen LogP contribution in [0, 0.1) is 0 Å². The molecule has 8 nitrogen and oxygen atoms in total. The number of carbonyl (C=O) groups is 1. The Morgan fingerprint density at radius 1 is 0.848 bits per heavy atom. The third-order valence-electron chi connectivity index (χ3n) is 4.83. The second-order valence-corrected chi connectivity index (χ2v) is 8.31. The van der Waals surface area contributed by atoms with E-state index in [9.17, 15) is 28.0 Å². The summed E-state index contributed by atoms with van der Waals surface area (Å²) in [5, 5.41) is 30.4. The van der Waals surface area contributed by atoms with Crippen LogP contribution in [0.4, 0.5) is 11.4 Å². The molecule has 33 heavy (non-hydrogen) atoms. The monoisotopic (exact) mass is 482 g/mol. The molecule has 158 valence electrons. The normalized spacial score (nSPS) is 11.3. The fraction of sp³-hybridized carbons (Fsp3) is 0.0455. The molecule has 0 aliphatic carbocycles. The third-order valence-corrected chi connectivity index (χ3v) is 5.48. The van der Waals surface area contributed by atoms with Crippen molar-refractivity contribution < 1.29 is 28.0 Å². The van der Waals surface area contributed by atoms with Gasteiger partial charge in [0, 0.05) is 70.1 Å². The van der Waals surface area contributed by atoms with Crippen molar-refractivity contribution in [2.24, 2.45) is 10.2 Å². The number of benzene rings is 4. The molecule has 3 N–H and O–H groups in total. The Balaban J connectivity index is 0.00000193. The van der Waals surface area contributed by atoms with Gasteiger partial charge in [-0.15, -0.1) is 5.11 Å². The summed E-state index contributed by atoms with van der Waals surface area (Å²) in [7, 11) is -4.36. The molecule has 4 rings (SSSR count). The average molecular weight is 482 g/mol. The van der Waals surface area contributed by atoms with Gasteiger partial charge in [-0.1, -0.05) is 54.6 Å². The van der Waals surface area contributed by atoms with E-state index in [-0.39, 0.29) is 81.6 Å². The Bertz CT molecular complexity index is 1490. The number of nitrogens with zero attached hydrogens (tertiary/aromatic N) is 2. The Labute approximate surface area is 233 Å². The maximum absolute atomic E-state index is 11.6.